The van der Waals surface area contributed by atoms with Gasteiger partial charge in [-0.3, -0.25) is 4.79 Å². The van der Waals surface area contributed by atoms with Gasteiger partial charge in [-0.25, -0.2) is 9.67 Å². The van der Waals surface area contributed by atoms with Gasteiger partial charge in [0.2, 0.25) is 5.91 Å². The molecular weight excluding hydrogens is 332 g/mol. The highest BCUT2D eigenvalue weighted by Crippen LogP contribution is 2.32. The third-order valence-electron chi connectivity index (χ3n) is 5.02. The predicted octanol–water partition coefficient (Wildman–Crippen LogP) is 3.73. The molecule has 6 heteroatoms. The second kappa shape index (κ2) is 6.59. The van der Waals surface area contributed by atoms with Gasteiger partial charge < -0.3 is 4.90 Å². The molecule has 0 radical (unpaired) electrons. The molecule has 1 aliphatic rings. The average molecular weight is 354 g/mol. The third kappa shape index (κ3) is 3.06. The topological polar surface area (TPSA) is 51.0 Å². The summed E-state index contributed by atoms with van der Waals surface area (Å²) in [6.45, 7) is 6.21. The number of thiophene rings is 1. The number of carbonyl (C=O) groups excluding carboxylic acids is 1. The zero-order valence-corrected chi connectivity index (χ0v) is 15.4. The van der Waals surface area contributed by atoms with Gasteiger partial charge in [0.1, 0.15) is 6.54 Å². The van der Waals surface area contributed by atoms with Crippen LogP contribution in [0.2, 0.25) is 0 Å². The number of hydrogen-bond donors (Lipinski definition) is 0. The molecular formula is C19H22N4OS. The van der Waals surface area contributed by atoms with Gasteiger partial charge in [0.15, 0.2) is 5.65 Å². The van der Waals surface area contributed by atoms with Crippen LogP contribution in [-0.2, 0) is 11.3 Å². The van der Waals surface area contributed by atoms with Gasteiger partial charge in [-0.2, -0.15) is 5.10 Å². The van der Waals surface area contributed by atoms with Gasteiger partial charge in [-0.05, 0) is 43.2 Å². The number of hydrogen-bond acceptors (Lipinski definition) is 4. The van der Waals surface area contributed by atoms with Crippen LogP contribution in [-0.4, -0.2) is 38.7 Å². The normalized spacial score (nSPS) is 15.8. The Bertz CT molecular complexity index is 892. The molecule has 0 saturated carbocycles. The number of amides is 1. The highest BCUT2D eigenvalue weighted by atomic mass is 32.1. The smallest absolute Gasteiger partial charge is 0.244 e. The van der Waals surface area contributed by atoms with E-state index in [0.29, 0.717) is 5.92 Å². The Hall–Kier alpha value is -2.21. The fraction of sp³-hybridized carbons (Fsp3) is 0.421. The van der Waals surface area contributed by atoms with Crippen molar-refractivity contribution in [2.24, 2.45) is 5.92 Å². The Labute approximate surface area is 151 Å². The lowest BCUT2D eigenvalue weighted by molar-refractivity contribution is -0.133. The predicted molar refractivity (Wildman–Crippen MR) is 101 cm³/mol. The van der Waals surface area contributed by atoms with Crippen molar-refractivity contribution in [3.63, 3.8) is 0 Å². The minimum absolute atomic E-state index is 0.139. The molecule has 4 rings (SSSR count). The summed E-state index contributed by atoms with van der Waals surface area (Å²) in [6, 6.07) is 6.18. The molecule has 0 aromatic carbocycles. The van der Waals surface area contributed by atoms with Gasteiger partial charge >= 0.3 is 0 Å². The maximum absolute atomic E-state index is 12.7. The van der Waals surface area contributed by atoms with E-state index < -0.39 is 0 Å². The van der Waals surface area contributed by atoms with E-state index in [-0.39, 0.29) is 12.5 Å². The molecule has 25 heavy (non-hydrogen) atoms. The van der Waals surface area contributed by atoms with Crippen molar-refractivity contribution in [2.45, 2.75) is 33.2 Å². The van der Waals surface area contributed by atoms with E-state index in [1.165, 1.54) is 4.88 Å². The molecule has 3 aromatic rings. The van der Waals surface area contributed by atoms with Crippen LogP contribution in [0.1, 0.15) is 25.5 Å². The van der Waals surface area contributed by atoms with Crippen molar-refractivity contribution < 1.29 is 4.79 Å². The molecule has 0 spiro atoms. The first-order valence-electron chi connectivity index (χ1n) is 8.77. The van der Waals surface area contributed by atoms with E-state index in [1.807, 2.05) is 30.2 Å². The molecule has 1 amide bonds. The average Bonchev–Trinajstić information content (AvgIpc) is 3.25. The molecule has 0 bridgehead atoms. The lowest BCUT2D eigenvalue weighted by Crippen LogP contribution is -2.39. The molecule has 0 unspecified atom stereocenters. The molecule has 1 fully saturated rings. The van der Waals surface area contributed by atoms with E-state index in [0.717, 1.165) is 48.2 Å². The molecule has 3 aromatic heterocycles. The Morgan fingerprint density at radius 1 is 1.32 bits per heavy atom. The molecule has 0 atom stereocenters. The SMILES string of the molecule is Cc1nn(CC(=O)N2CCC(C)CC2)c2nccc(-c3cccs3)c12. The monoisotopic (exact) mass is 354 g/mol. The largest absolute Gasteiger partial charge is 0.341 e. The number of aromatic nitrogens is 3. The highest BCUT2D eigenvalue weighted by molar-refractivity contribution is 7.13. The molecule has 1 saturated heterocycles. The van der Waals surface area contributed by atoms with Gasteiger partial charge in [0, 0.05) is 29.7 Å². The van der Waals surface area contributed by atoms with Crippen molar-refractivity contribution in [1.82, 2.24) is 19.7 Å². The van der Waals surface area contributed by atoms with Gasteiger partial charge in [-0.15, -0.1) is 11.3 Å². The minimum atomic E-state index is 0.139. The Kier molecular flexibility index (Phi) is 4.29. The second-order valence-corrected chi connectivity index (χ2v) is 7.79. The molecule has 5 nitrogen and oxygen atoms in total. The molecule has 130 valence electrons. The first kappa shape index (κ1) is 16.3. The van der Waals surface area contributed by atoms with Crippen LogP contribution in [0.15, 0.2) is 29.8 Å². The Balaban J connectivity index is 1.65. The van der Waals surface area contributed by atoms with Crippen molar-refractivity contribution in [1.29, 1.82) is 0 Å². The molecule has 0 N–H and O–H groups in total. The number of piperidine rings is 1. The summed E-state index contributed by atoms with van der Waals surface area (Å²) in [5.41, 5.74) is 2.86. The van der Waals surface area contributed by atoms with Gasteiger partial charge in [-0.1, -0.05) is 13.0 Å². The third-order valence-corrected chi connectivity index (χ3v) is 5.92. The first-order valence-corrected chi connectivity index (χ1v) is 9.65. The Morgan fingerprint density at radius 2 is 2.12 bits per heavy atom. The maximum Gasteiger partial charge on any atom is 0.244 e. The van der Waals surface area contributed by atoms with Crippen molar-refractivity contribution in [3.05, 3.63) is 35.5 Å². The second-order valence-electron chi connectivity index (χ2n) is 6.84. The summed E-state index contributed by atoms with van der Waals surface area (Å²) in [6.07, 6.45) is 3.98. The lowest BCUT2D eigenvalue weighted by atomic mass is 9.99. The van der Waals surface area contributed by atoms with Crippen molar-refractivity contribution in [3.8, 4) is 10.4 Å². The first-order chi connectivity index (χ1) is 12.1. The van der Waals surface area contributed by atoms with Gasteiger partial charge in [0.05, 0.1) is 11.1 Å². The van der Waals surface area contributed by atoms with Crippen LogP contribution in [0.4, 0.5) is 0 Å². The molecule has 4 heterocycles. The fourth-order valence-corrected chi connectivity index (χ4v) is 4.27. The van der Waals surface area contributed by atoms with Crippen molar-refractivity contribution >= 4 is 28.3 Å². The number of rotatable bonds is 3. The number of likely N-dealkylation sites (tertiary alicyclic amines) is 1. The number of carbonyl (C=O) groups is 1. The summed E-state index contributed by atoms with van der Waals surface area (Å²) in [5, 5.41) is 7.74. The van der Waals surface area contributed by atoms with E-state index in [9.17, 15) is 4.79 Å². The zero-order chi connectivity index (χ0) is 17.4. The zero-order valence-electron chi connectivity index (χ0n) is 14.6. The molecule has 0 aliphatic carbocycles. The van der Waals surface area contributed by atoms with E-state index >= 15 is 0 Å². The number of aryl methyl sites for hydroxylation is 1. The van der Waals surface area contributed by atoms with Crippen molar-refractivity contribution in [2.75, 3.05) is 13.1 Å². The van der Waals surface area contributed by atoms with E-state index in [2.05, 4.69) is 28.5 Å². The quantitative estimate of drug-likeness (QED) is 0.720. The number of pyridine rings is 1. The van der Waals surface area contributed by atoms with E-state index in [1.54, 1.807) is 16.0 Å². The standard InChI is InChI=1S/C19H22N4OS/c1-13-6-9-22(10-7-13)17(24)12-23-19-18(14(2)21-23)15(5-8-20-19)16-4-3-11-25-16/h3-5,8,11,13H,6-7,9-10,12H2,1-2H3. The minimum Gasteiger partial charge on any atom is -0.341 e. The highest BCUT2D eigenvalue weighted by Gasteiger charge is 2.22. The lowest BCUT2D eigenvalue weighted by Gasteiger charge is -2.30. The summed E-state index contributed by atoms with van der Waals surface area (Å²) in [4.78, 5) is 20.4. The fourth-order valence-electron chi connectivity index (χ4n) is 3.52. The van der Waals surface area contributed by atoms with Crippen LogP contribution in [0.25, 0.3) is 21.5 Å². The summed E-state index contributed by atoms with van der Waals surface area (Å²) in [5.74, 6) is 0.853. The summed E-state index contributed by atoms with van der Waals surface area (Å²) in [7, 11) is 0. The van der Waals surface area contributed by atoms with Crippen LogP contribution in [0, 0.1) is 12.8 Å². The van der Waals surface area contributed by atoms with E-state index in [4.69, 9.17) is 0 Å². The van der Waals surface area contributed by atoms with Gasteiger partial charge in [0.25, 0.3) is 0 Å². The summed E-state index contributed by atoms with van der Waals surface area (Å²) < 4.78 is 1.77. The van der Waals surface area contributed by atoms with Crippen LogP contribution < -0.4 is 0 Å². The summed E-state index contributed by atoms with van der Waals surface area (Å²) >= 11 is 1.71. The maximum atomic E-state index is 12.7. The van der Waals surface area contributed by atoms with Crippen LogP contribution in [0.5, 0.6) is 0 Å². The van der Waals surface area contributed by atoms with Crippen LogP contribution in [0.3, 0.4) is 0 Å². The van der Waals surface area contributed by atoms with Crippen LogP contribution >= 0.6 is 11.3 Å². The number of nitrogens with zero attached hydrogens (tertiary/aromatic N) is 4. The Morgan fingerprint density at radius 3 is 2.84 bits per heavy atom. The number of fused-ring (bicyclic) bond motifs is 1. The molecule has 1 aliphatic heterocycles.